The van der Waals surface area contributed by atoms with Crippen molar-refractivity contribution in [3.63, 3.8) is 0 Å². The van der Waals surface area contributed by atoms with Crippen LogP contribution in [-0.2, 0) is 0 Å². The molecule has 0 fully saturated rings. The van der Waals surface area contributed by atoms with Gasteiger partial charge in [-0.15, -0.1) is 0 Å². The molecule has 0 atom stereocenters. The Morgan fingerprint density at radius 1 is 1.20 bits per heavy atom. The molecule has 0 saturated carbocycles. The number of hydrogen-bond acceptors (Lipinski definition) is 2. The van der Waals surface area contributed by atoms with E-state index in [4.69, 9.17) is 0 Å². The molecule has 3 nitrogen and oxygen atoms in total. The maximum absolute atomic E-state index is 4.14. The average Bonchev–Trinajstić information content (AvgIpc) is 2.11. The summed E-state index contributed by atoms with van der Waals surface area (Å²) in [5, 5.41) is 10.8. The fourth-order valence-corrected chi connectivity index (χ4v) is 5.35. The SMILES string of the molecule is Cc1n[nH]n[c]1[Sn]([CH3])([CH3])[CH3]. The fourth-order valence-electron chi connectivity index (χ4n) is 0.994. The summed E-state index contributed by atoms with van der Waals surface area (Å²) in [5.74, 6) is 0. The maximum atomic E-state index is 4.14. The van der Waals surface area contributed by atoms with E-state index in [2.05, 4.69) is 30.2 Å². The number of hydrogen-bond donors (Lipinski definition) is 1. The summed E-state index contributed by atoms with van der Waals surface area (Å²) < 4.78 is 1.26. The van der Waals surface area contributed by atoms with Crippen molar-refractivity contribution >= 4 is 22.1 Å². The van der Waals surface area contributed by atoms with Crippen LogP contribution >= 0.6 is 0 Å². The van der Waals surface area contributed by atoms with Crippen molar-refractivity contribution in [2.45, 2.75) is 21.7 Å². The van der Waals surface area contributed by atoms with Crippen molar-refractivity contribution in [3.8, 4) is 0 Å². The van der Waals surface area contributed by atoms with Crippen LogP contribution < -0.4 is 3.71 Å². The van der Waals surface area contributed by atoms with Crippen LogP contribution in [0.4, 0.5) is 0 Å². The molecule has 0 aliphatic carbocycles. The Bertz CT molecular complexity index is 223. The second-order valence-corrected chi connectivity index (χ2v) is 17.7. The average molecular weight is 246 g/mol. The fraction of sp³-hybridized carbons (Fsp3) is 0.667. The van der Waals surface area contributed by atoms with Crippen LogP contribution in [0.3, 0.4) is 0 Å². The van der Waals surface area contributed by atoms with Gasteiger partial charge in [-0.1, -0.05) is 0 Å². The molecule has 56 valence electrons. The molecule has 4 heteroatoms. The van der Waals surface area contributed by atoms with Gasteiger partial charge >= 0.3 is 64.9 Å². The summed E-state index contributed by atoms with van der Waals surface area (Å²) in [6.07, 6.45) is 0. The minimum atomic E-state index is -1.92. The molecule has 1 N–H and O–H groups in total. The number of aromatic amines is 1. The van der Waals surface area contributed by atoms with Gasteiger partial charge in [0.1, 0.15) is 0 Å². The van der Waals surface area contributed by atoms with Crippen LogP contribution in [0.5, 0.6) is 0 Å². The molecule has 0 aromatic carbocycles. The Labute approximate surface area is 65.1 Å². The van der Waals surface area contributed by atoms with E-state index in [1.54, 1.807) is 0 Å². The zero-order valence-corrected chi connectivity index (χ0v) is 9.75. The first kappa shape index (κ1) is 8.04. The first-order valence-corrected chi connectivity index (χ1v) is 13.4. The number of H-pyrrole nitrogens is 1. The third kappa shape index (κ3) is 1.50. The number of aryl methyl sites for hydroxylation is 1. The van der Waals surface area contributed by atoms with Gasteiger partial charge in [0.2, 0.25) is 0 Å². The Morgan fingerprint density at radius 3 is 2.00 bits per heavy atom. The molecule has 0 radical (unpaired) electrons. The Balaban J connectivity index is 3.05. The predicted molar refractivity (Wildman–Crippen MR) is 44.1 cm³/mol. The molecule has 0 bridgehead atoms. The summed E-state index contributed by atoms with van der Waals surface area (Å²) in [5.41, 5.74) is 1.09. The Hall–Kier alpha value is -0.0613. The summed E-state index contributed by atoms with van der Waals surface area (Å²) in [6, 6.07) is 0. The van der Waals surface area contributed by atoms with E-state index in [1.165, 1.54) is 3.71 Å². The van der Waals surface area contributed by atoms with E-state index in [0.717, 1.165) is 5.69 Å². The van der Waals surface area contributed by atoms with Gasteiger partial charge in [0.05, 0.1) is 0 Å². The van der Waals surface area contributed by atoms with Gasteiger partial charge in [-0.3, -0.25) is 0 Å². The molecular formula is C6H13N3Sn. The second kappa shape index (κ2) is 2.52. The molecule has 1 aromatic rings. The van der Waals surface area contributed by atoms with E-state index in [0.29, 0.717) is 0 Å². The van der Waals surface area contributed by atoms with Crippen LogP contribution in [0.25, 0.3) is 0 Å². The van der Waals surface area contributed by atoms with Gasteiger partial charge in [0.15, 0.2) is 0 Å². The number of nitrogens with one attached hydrogen (secondary N) is 1. The molecule has 0 aliphatic heterocycles. The van der Waals surface area contributed by atoms with E-state index in [1.807, 2.05) is 6.92 Å². The standard InChI is InChI=1S/C3H4N3.3CH3.Sn/c1-3-2-4-6-5-3;;;;/h1H3,(H,4,5,6);3*1H3;. The summed E-state index contributed by atoms with van der Waals surface area (Å²) in [7, 11) is 0. The zero-order valence-electron chi connectivity index (χ0n) is 6.89. The number of nitrogens with zero attached hydrogens (tertiary/aromatic N) is 2. The minimum absolute atomic E-state index is 1.09. The second-order valence-electron chi connectivity index (χ2n) is 3.51. The van der Waals surface area contributed by atoms with E-state index in [-0.39, 0.29) is 0 Å². The zero-order chi connectivity index (χ0) is 7.78. The van der Waals surface area contributed by atoms with E-state index < -0.39 is 18.4 Å². The molecule has 10 heavy (non-hydrogen) atoms. The normalized spacial score (nSPS) is 12.0. The first-order chi connectivity index (χ1) is 4.52. The van der Waals surface area contributed by atoms with Crippen molar-refractivity contribution in [2.75, 3.05) is 0 Å². The number of aromatic nitrogens is 3. The monoisotopic (exact) mass is 247 g/mol. The third-order valence-corrected chi connectivity index (χ3v) is 6.84. The summed E-state index contributed by atoms with van der Waals surface area (Å²) in [4.78, 5) is 7.00. The third-order valence-electron chi connectivity index (χ3n) is 1.43. The van der Waals surface area contributed by atoms with Crippen LogP contribution in [0.2, 0.25) is 14.8 Å². The van der Waals surface area contributed by atoms with Gasteiger partial charge in [-0.05, 0) is 0 Å². The number of rotatable bonds is 1. The van der Waals surface area contributed by atoms with Crippen molar-refractivity contribution in [2.24, 2.45) is 0 Å². The van der Waals surface area contributed by atoms with Gasteiger partial charge in [-0.2, -0.15) is 0 Å². The molecular weight excluding hydrogens is 233 g/mol. The molecule has 0 spiro atoms. The van der Waals surface area contributed by atoms with Gasteiger partial charge < -0.3 is 0 Å². The van der Waals surface area contributed by atoms with Crippen LogP contribution in [0.15, 0.2) is 0 Å². The van der Waals surface area contributed by atoms with Gasteiger partial charge in [-0.25, -0.2) is 0 Å². The molecule has 1 heterocycles. The molecule has 1 aromatic heterocycles. The quantitative estimate of drug-likeness (QED) is 0.739. The molecule has 0 saturated heterocycles. The van der Waals surface area contributed by atoms with E-state index in [9.17, 15) is 0 Å². The van der Waals surface area contributed by atoms with Gasteiger partial charge in [0, 0.05) is 0 Å². The van der Waals surface area contributed by atoms with Crippen LogP contribution in [-0.4, -0.2) is 33.8 Å². The molecule has 0 amide bonds. The van der Waals surface area contributed by atoms with E-state index >= 15 is 0 Å². The summed E-state index contributed by atoms with van der Waals surface area (Å²) >= 11 is -1.92. The topological polar surface area (TPSA) is 41.6 Å². The Morgan fingerprint density at radius 2 is 1.80 bits per heavy atom. The molecule has 0 unspecified atom stereocenters. The molecule has 0 aliphatic rings. The van der Waals surface area contributed by atoms with Crippen molar-refractivity contribution < 1.29 is 0 Å². The molecule has 1 rings (SSSR count). The van der Waals surface area contributed by atoms with Crippen LogP contribution in [0, 0.1) is 6.92 Å². The first-order valence-electron chi connectivity index (χ1n) is 3.39. The van der Waals surface area contributed by atoms with Crippen molar-refractivity contribution in [1.29, 1.82) is 0 Å². The van der Waals surface area contributed by atoms with Gasteiger partial charge in [0.25, 0.3) is 0 Å². The van der Waals surface area contributed by atoms with Crippen molar-refractivity contribution in [1.82, 2.24) is 15.4 Å². The van der Waals surface area contributed by atoms with Crippen LogP contribution in [0.1, 0.15) is 5.69 Å². The Kier molecular flexibility index (Phi) is 2.03. The van der Waals surface area contributed by atoms with Crippen molar-refractivity contribution in [3.05, 3.63) is 5.69 Å². The predicted octanol–water partition coefficient (Wildman–Crippen LogP) is 0.658. The summed E-state index contributed by atoms with van der Waals surface area (Å²) in [6.45, 7) is 2.01.